The van der Waals surface area contributed by atoms with E-state index < -0.39 is 28.0 Å². The van der Waals surface area contributed by atoms with Crippen molar-refractivity contribution < 1.29 is 32.2 Å². The number of methoxy groups -OCH3 is 1. The topological polar surface area (TPSA) is 111 Å². The molecule has 2 aromatic carbocycles. The predicted octanol–water partition coefficient (Wildman–Crippen LogP) is 2.86. The van der Waals surface area contributed by atoms with E-state index in [9.17, 15) is 18.0 Å². The first-order valence-corrected chi connectivity index (χ1v) is 12.0. The van der Waals surface area contributed by atoms with Gasteiger partial charge in [0.05, 0.1) is 36.5 Å². The van der Waals surface area contributed by atoms with E-state index in [4.69, 9.17) is 25.8 Å². The van der Waals surface area contributed by atoms with Crippen molar-refractivity contribution in [2.75, 3.05) is 38.7 Å². The fourth-order valence-electron chi connectivity index (χ4n) is 3.17. The van der Waals surface area contributed by atoms with Crippen LogP contribution in [0.1, 0.15) is 22.8 Å². The fraction of sp³-hybridized carbons (Fsp3) is 0.364. The molecule has 0 radical (unpaired) electrons. The van der Waals surface area contributed by atoms with Crippen LogP contribution in [0.25, 0.3) is 0 Å². The molecule has 11 heteroatoms. The zero-order chi connectivity index (χ0) is 24.2. The number of esters is 1. The molecule has 33 heavy (non-hydrogen) atoms. The van der Waals surface area contributed by atoms with Crippen LogP contribution >= 0.6 is 11.6 Å². The van der Waals surface area contributed by atoms with Gasteiger partial charge in [-0.2, -0.15) is 4.31 Å². The number of halogens is 1. The van der Waals surface area contributed by atoms with Gasteiger partial charge in [-0.25, -0.2) is 13.2 Å². The third-order valence-corrected chi connectivity index (χ3v) is 7.37. The van der Waals surface area contributed by atoms with Crippen molar-refractivity contribution in [1.82, 2.24) is 4.31 Å². The minimum Gasteiger partial charge on any atom is -0.495 e. The van der Waals surface area contributed by atoms with Crippen LogP contribution in [0.2, 0.25) is 5.02 Å². The van der Waals surface area contributed by atoms with Gasteiger partial charge < -0.3 is 19.5 Å². The highest BCUT2D eigenvalue weighted by atomic mass is 35.5. The van der Waals surface area contributed by atoms with Crippen LogP contribution in [0.15, 0.2) is 41.3 Å². The SMILES string of the molecule is COc1cc(Cl)c(C)cc1NC(=O)C(C)OC(=O)c1cccc(S(=O)(=O)N2CCOCC2)c1. The van der Waals surface area contributed by atoms with Crippen LogP contribution in [0.3, 0.4) is 0 Å². The van der Waals surface area contributed by atoms with Crippen LogP contribution in [-0.2, 0) is 24.3 Å². The minimum absolute atomic E-state index is 0.0175. The molecule has 9 nitrogen and oxygen atoms in total. The molecule has 0 aliphatic carbocycles. The van der Waals surface area contributed by atoms with Crippen molar-refractivity contribution in [2.45, 2.75) is 24.8 Å². The molecule has 0 saturated carbocycles. The van der Waals surface area contributed by atoms with Crippen LogP contribution in [0, 0.1) is 6.92 Å². The van der Waals surface area contributed by atoms with Crippen molar-refractivity contribution in [2.24, 2.45) is 0 Å². The molecule has 1 atom stereocenters. The van der Waals surface area contributed by atoms with E-state index >= 15 is 0 Å². The molecule has 1 amide bonds. The summed E-state index contributed by atoms with van der Waals surface area (Å²) in [6.07, 6.45) is -1.15. The number of morpholine rings is 1. The summed E-state index contributed by atoms with van der Waals surface area (Å²) in [6, 6.07) is 8.75. The van der Waals surface area contributed by atoms with E-state index in [1.807, 2.05) is 0 Å². The van der Waals surface area contributed by atoms with Crippen molar-refractivity contribution in [3.63, 3.8) is 0 Å². The lowest BCUT2D eigenvalue weighted by Gasteiger charge is -2.26. The molecule has 3 rings (SSSR count). The Bertz CT molecular complexity index is 1150. The van der Waals surface area contributed by atoms with Gasteiger partial charge in [0.15, 0.2) is 6.10 Å². The molecular weight excluding hydrogens is 472 g/mol. The number of hydrogen-bond acceptors (Lipinski definition) is 7. The number of anilines is 1. The maximum Gasteiger partial charge on any atom is 0.338 e. The first kappa shape index (κ1) is 25.0. The van der Waals surface area contributed by atoms with Crippen molar-refractivity contribution in [3.8, 4) is 5.75 Å². The van der Waals surface area contributed by atoms with Gasteiger partial charge in [-0.05, 0) is 43.7 Å². The van der Waals surface area contributed by atoms with Gasteiger partial charge in [0.25, 0.3) is 5.91 Å². The summed E-state index contributed by atoms with van der Waals surface area (Å²) in [5.74, 6) is -1.05. The highest BCUT2D eigenvalue weighted by Crippen LogP contribution is 2.31. The molecule has 0 spiro atoms. The molecular formula is C22H25ClN2O7S. The average molecular weight is 497 g/mol. The maximum absolute atomic E-state index is 12.8. The smallest absolute Gasteiger partial charge is 0.338 e. The first-order valence-electron chi connectivity index (χ1n) is 10.2. The number of amides is 1. The average Bonchev–Trinajstić information content (AvgIpc) is 2.81. The Labute approximate surface area is 197 Å². The predicted molar refractivity (Wildman–Crippen MR) is 122 cm³/mol. The lowest BCUT2D eigenvalue weighted by atomic mass is 10.2. The van der Waals surface area contributed by atoms with E-state index in [0.717, 1.165) is 5.56 Å². The number of hydrogen-bond donors (Lipinski definition) is 1. The number of sulfonamides is 1. The fourth-order valence-corrected chi connectivity index (χ4v) is 4.77. The molecule has 1 aliphatic rings. The number of nitrogens with zero attached hydrogens (tertiary/aromatic N) is 1. The molecule has 0 aromatic heterocycles. The Morgan fingerprint density at radius 3 is 2.55 bits per heavy atom. The Balaban J connectivity index is 1.70. The Kier molecular flexibility index (Phi) is 7.96. The van der Waals surface area contributed by atoms with E-state index in [1.165, 1.54) is 42.6 Å². The lowest BCUT2D eigenvalue weighted by molar-refractivity contribution is -0.123. The summed E-state index contributed by atoms with van der Waals surface area (Å²) in [5.41, 5.74) is 1.13. The van der Waals surface area contributed by atoms with Gasteiger partial charge in [-0.1, -0.05) is 17.7 Å². The van der Waals surface area contributed by atoms with E-state index in [0.29, 0.717) is 29.7 Å². The third-order valence-electron chi connectivity index (χ3n) is 5.07. The molecule has 0 bridgehead atoms. The lowest BCUT2D eigenvalue weighted by Crippen LogP contribution is -2.40. The first-order chi connectivity index (χ1) is 15.6. The highest BCUT2D eigenvalue weighted by molar-refractivity contribution is 7.89. The van der Waals surface area contributed by atoms with Gasteiger partial charge >= 0.3 is 5.97 Å². The van der Waals surface area contributed by atoms with Crippen LogP contribution in [0.5, 0.6) is 5.75 Å². The molecule has 1 N–H and O–H groups in total. The summed E-state index contributed by atoms with van der Waals surface area (Å²) in [6.45, 7) is 4.29. The Hall–Kier alpha value is -2.66. The van der Waals surface area contributed by atoms with Gasteiger partial charge in [-0.15, -0.1) is 0 Å². The molecule has 178 valence electrons. The quantitative estimate of drug-likeness (QED) is 0.586. The number of rotatable bonds is 7. The van der Waals surface area contributed by atoms with Crippen molar-refractivity contribution in [3.05, 3.63) is 52.5 Å². The Morgan fingerprint density at radius 2 is 1.88 bits per heavy atom. The second-order valence-corrected chi connectivity index (χ2v) is 9.73. The maximum atomic E-state index is 12.8. The van der Waals surface area contributed by atoms with Crippen molar-refractivity contribution >= 4 is 39.2 Å². The van der Waals surface area contributed by atoms with Crippen LogP contribution in [0.4, 0.5) is 5.69 Å². The van der Waals surface area contributed by atoms with Gasteiger partial charge in [0, 0.05) is 24.2 Å². The third kappa shape index (κ3) is 5.83. The number of nitrogens with one attached hydrogen (secondary N) is 1. The molecule has 1 unspecified atom stereocenters. The zero-order valence-corrected chi connectivity index (χ0v) is 20.0. The molecule has 1 fully saturated rings. The highest BCUT2D eigenvalue weighted by Gasteiger charge is 2.28. The van der Waals surface area contributed by atoms with Gasteiger partial charge in [-0.3, -0.25) is 4.79 Å². The van der Waals surface area contributed by atoms with Crippen molar-refractivity contribution in [1.29, 1.82) is 0 Å². The number of carbonyl (C=O) groups excluding carboxylic acids is 2. The summed E-state index contributed by atoms with van der Waals surface area (Å²) < 4.78 is 42.7. The standard InChI is InChI=1S/C22H25ClN2O7S/c1-14-11-19(20(30-3)13-18(14)23)24-21(26)15(2)32-22(27)16-5-4-6-17(12-16)33(28,29)25-7-9-31-10-8-25/h4-6,11-13,15H,7-10H2,1-3H3,(H,24,26). The monoisotopic (exact) mass is 496 g/mol. The number of carbonyl (C=O) groups is 2. The normalized spacial score (nSPS) is 15.5. The molecule has 1 heterocycles. The molecule has 1 saturated heterocycles. The summed E-state index contributed by atoms with van der Waals surface area (Å²) >= 11 is 6.08. The molecule has 2 aromatic rings. The van der Waals surface area contributed by atoms with E-state index in [2.05, 4.69) is 5.32 Å². The van der Waals surface area contributed by atoms with Crippen LogP contribution < -0.4 is 10.1 Å². The number of aryl methyl sites for hydroxylation is 1. The van der Waals surface area contributed by atoms with E-state index in [1.54, 1.807) is 19.1 Å². The number of benzene rings is 2. The second kappa shape index (κ2) is 10.5. The summed E-state index contributed by atoms with van der Waals surface area (Å²) in [7, 11) is -2.33. The molecule has 1 aliphatic heterocycles. The zero-order valence-electron chi connectivity index (χ0n) is 18.5. The second-order valence-electron chi connectivity index (χ2n) is 7.38. The van der Waals surface area contributed by atoms with E-state index in [-0.39, 0.29) is 23.5 Å². The van der Waals surface area contributed by atoms with Crippen LogP contribution in [-0.4, -0.2) is 64.1 Å². The van der Waals surface area contributed by atoms with Gasteiger partial charge in [0.2, 0.25) is 10.0 Å². The summed E-state index contributed by atoms with van der Waals surface area (Å²) in [4.78, 5) is 25.2. The Morgan fingerprint density at radius 1 is 1.18 bits per heavy atom. The number of ether oxygens (including phenoxy) is 3. The summed E-state index contributed by atoms with van der Waals surface area (Å²) in [5, 5.41) is 3.13. The minimum atomic E-state index is -3.78. The largest absolute Gasteiger partial charge is 0.495 e. The van der Waals surface area contributed by atoms with Gasteiger partial charge in [0.1, 0.15) is 5.75 Å².